The van der Waals surface area contributed by atoms with Crippen LogP contribution < -0.4 is 4.74 Å². The van der Waals surface area contributed by atoms with E-state index in [1.807, 2.05) is 6.07 Å². The topological polar surface area (TPSA) is 63.0 Å². The summed E-state index contributed by atoms with van der Waals surface area (Å²) in [5.41, 5.74) is 0.784. The van der Waals surface area contributed by atoms with Crippen LogP contribution in [0, 0.1) is 17.5 Å². The first-order valence-corrected chi connectivity index (χ1v) is 5.27. The summed E-state index contributed by atoms with van der Waals surface area (Å²) in [6.45, 7) is 0. The lowest BCUT2D eigenvalue weighted by molar-refractivity contribution is 0.0728. The number of nitrogens with zero attached hydrogens (tertiary/aromatic N) is 2. The molecule has 0 spiro atoms. The molecule has 0 saturated heterocycles. The Morgan fingerprint density at radius 3 is 2.94 bits per heavy atom. The monoisotopic (exact) mass is 229 g/mol. The van der Waals surface area contributed by atoms with Gasteiger partial charge in [0.1, 0.15) is 12.3 Å². The Labute approximate surface area is 95.7 Å². The van der Waals surface area contributed by atoms with Crippen molar-refractivity contribution < 1.29 is 9.53 Å². The van der Waals surface area contributed by atoms with Gasteiger partial charge in [0.2, 0.25) is 5.88 Å². The van der Waals surface area contributed by atoms with Crippen molar-refractivity contribution in [3.8, 4) is 11.9 Å². The number of hydrogen-bond acceptors (Lipinski definition) is 5. The number of carbonyl (C=O) groups is 1. The van der Waals surface area contributed by atoms with E-state index in [0.29, 0.717) is 11.1 Å². The van der Waals surface area contributed by atoms with Gasteiger partial charge in [0, 0.05) is 11.4 Å². The third kappa shape index (κ3) is 2.24. The number of pyridine rings is 1. The Kier molecular flexibility index (Phi) is 2.94. The highest BCUT2D eigenvalue weighted by Gasteiger charge is 2.09. The first kappa shape index (κ1) is 10.3. The van der Waals surface area contributed by atoms with Gasteiger partial charge in [-0.1, -0.05) is 0 Å². The van der Waals surface area contributed by atoms with E-state index in [1.54, 1.807) is 16.8 Å². The summed E-state index contributed by atoms with van der Waals surface area (Å²) >= 11 is 1.41. The molecule has 0 fully saturated rings. The van der Waals surface area contributed by atoms with Gasteiger partial charge in [-0.05, 0) is 17.5 Å². The Bertz CT molecular complexity index is 526. The van der Waals surface area contributed by atoms with E-state index in [4.69, 9.17) is 10.00 Å². The molecule has 2 aromatic heterocycles. The van der Waals surface area contributed by atoms with Crippen molar-refractivity contribution in [2.45, 2.75) is 0 Å². The van der Waals surface area contributed by atoms with E-state index in [-0.39, 0.29) is 5.88 Å². The Balaban J connectivity index is 2.10. The van der Waals surface area contributed by atoms with Crippen LogP contribution in [0.4, 0.5) is 0 Å². The number of rotatable bonds is 2. The lowest BCUT2D eigenvalue weighted by Crippen LogP contribution is -2.08. The number of nitriles is 1. The molecule has 2 rings (SSSR count). The zero-order chi connectivity index (χ0) is 11.4. The molecule has 0 unspecified atom stereocenters. The number of esters is 1. The van der Waals surface area contributed by atoms with E-state index >= 15 is 0 Å². The highest BCUT2D eigenvalue weighted by molar-refractivity contribution is 7.08. The van der Waals surface area contributed by atoms with E-state index in [1.165, 1.54) is 23.5 Å². The fourth-order valence-electron chi connectivity index (χ4n) is 0.998. The summed E-state index contributed by atoms with van der Waals surface area (Å²) in [6.07, 6.45) is 2.45. The summed E-state index contributed by atoms with van der Waals surface area (Å²) in [5.74, 6) is -0.331. The van der Waals surface area contributed by atoms with Gasteiger partial charge in [0.25, 0.3) is 0 Å². The van der Waals surface area contributed by atoms with Crippen molar-refractivity contribution in [2.24, 2.45) is 0 Å². The zero-order valence-corrected chi connectivity index (χ0v) is 8.82. The molecule has 0 amide bonds. The normalized spacial score (nSPS) is 9.44. The molecule has 0 N–H and O–H groups in total. The van der Waals surface area contributed by atoms with Gasteiger partial charge in [-0.15, -0.1) is 0 Å². The summed E-state index contributed by atoms with van der Waals surface area (Å²) < 4.78 is 4.97. The van der Waals surface area contributed by atoms with Crippen molar-refractivity contribution >= 4 is 17.3 Å². The Morgan fingerprint density at radius 2 is 2.38 bits per heavy atom. The van der Waals surface area contributed by atoms with E-state index in [9.17, 15) is 4.79 Å². The average Bonchev–Trinajstić information content (AvgIpc) is 2.83. The molecule has 0 aliphatic heterocycles. The Morgan fingerprint density at radius 1 is 1.50 bits per heavy atom. The number of carbonyl (C=O) groups excluding carboxylic acids is 1. The zero-order valence-electron chi connectivity index (χ0n) is 8.01. The summed E-state index contributed by atoms with van der Waals surface area (Å²) in [6, 6.07) is 6.49. The molecule has 77 valence electrons. The van der Waals surface area contributed by atoms with Crippen molar-refractivity contribution in [2.75, 3.05) is 0 Å². The second-order valence-electron chi connectivity index (χ2n) is 2.82. The molecule has 0 saturated carbocycles. The lowest BCUT2D eigenvalue weighted by Gasteiger charge is -2.00. The van der Waals surface area contributed by atoms with Gasteiger partial charge >= 0.3 is 5.97 Å². The summed E-state index contributed by atoms with van der Waals surface area (Å²) in [5, 5.41) is 12.0. The van der Waals surface area contributed by atoms with Crippen LogP contribution in [0.25, 0.3) is 0 Å². The fourth-order valence-corrected chi connectivity index (χ4v) is 1.62. The molecule has 0 bridgehead atoms. The van der Waals surface area contributed by atoms with Crippen molar-refractivity contribution in [3.05, 3.63) is 46.3 Å². The summed E-state index contributed by atoms with van der Waals surface area (Å²) in [4.78, 5) is 15.2. The van der Waals surface area contributed by atoms with Crippen LogP contribution in [0.3, 0.4) is 0 Å². The molecule has 5 heteroatoms. The highest BCUT2D eigenvalue weighted by Crippen LogP contribution is 2.11. The van der Waals surface area contributed by atoms with Crippen LogP contribution in [0.5, 0.6) is 5.88 Å². The van der Waals surface area contributed by atoms with Crippen LogP contribution in [0.2, 0.25) is 0 Å². The van der Waals surface area contributed by atoms with E-state index in [0.717, 1.165) is 0 Å². The molecule has 4 nitrogen and oxygen atoms in total. The third-order valence-electron chi connectivity index (χ3n) is 1.75. The molecular weight excluding hydrogens is 224 g/mol. The maximum absolute atomic E-state index is 11.5. The quantitative estimate of drug-likeness (QED) is 0.739. The van der Waals surface area contributed by atoms with Crippen molar-refractivity contribution in [1.82, 2.24) is 4.98 Å². The van der Waals surface area contributed by atoms with Crippen LogP contribution in [0.15, 0.2) is 29.0 Å². The van der Waals surface area contributed by atoms with Crippen LogP contribution in [-0.4, -0.2) is 11.0 Å². The number of hydrogen-bond donors (Lipinski definition) is 0. The second-order valence-corrected chi connectivity index (χ2v) is 3.60. The van der Waals surface area contributed by atoms with E-state index < -0.39 is 5.97 Å². The van der Waals surface area contributed by atoms with Crippen molar-refractivity contribution in [1.29, 1.82) is 5.26 Å². The Hall–Kier alpha value is -2.19. The van der Waals surface area contributed by atoms with Crippen LogP contribution >= 0.6 is 11.3 Å². The fraction of sp³-hybridized carbons (Fsp3) is 0. The first-order chi connectivity index (χ1) is 7.79. The van der Waals surface area contributed by atoms with Crippen LogP contribution in [-0.2, 0) is 0 Å². The SMILES string of the molecule is N#Cc1[c]nc(OC(=O)c2ccsc2)cc1. The predicted molar refractivity (Wildman–Crippen MR) is 57.1 cm³/mol. The molecule has 0 aliphatic carbocycles. The minimum atomic E-state index is -0.466. The maximum Gasteiger partial charge on any atom is 0.345 e. The molecule has 0 aliphatic rings. The molecule has 0 aromatic carbocycles. The number of ether oxygens (including phenoxy) is 1. The molecule has 16 heavy (non-hydrogen) atoms. The lowest BCUT2D eigenvalue weighted by atomic mass is 10.3. The van der Waals surface area contributed by atoms with Gasteiger partial charge in [-0.25, -0.2) is 9.78 Å². The van der Waals surface area contributed by atoms with Gasteiger partial charge in [0.15, 0.2) is 0 Å². The smallest absolute Gasteiger partial charge is 0.345 e. The minimum Gasteiger partial charge on any atom is -0.404 e. The number of aromatic nitrogens is 1. The van der Waals surface area contributed by atoms with Gasteiger partial charge in [-0.2, -0.15) is 16.6 Å². The van der Waals surface area contributed by atoms with Crippen LogP contribution in [0.1, 0.15) is 15.9 Å². The predicted octanol–water partition coefficient (Wildman–Crippen LogP) is 2.03. The third-order valence-corrected chi connectivity index (χ3v) is 2.44. The van der Waals surface area contributed by atoms with Crippen molar-refractivity contribution in [3.63, 3.8) is 0 Å². The standard InChI is InChI=1S/C11H5N2O2S/c12-5-8-1-2-10(13-6-8)15-11(14)9-3-4-16-7-9/h1-4,7H. The maximum atomic E-state index is 11.5. The minimum absolute atomic E-state index is 0.134. The van der Waals surface area contributed by atoms with Gasteiger partial charge in [0.05, 0.1) is 11.1 Å². The average molecular weight is 229 g/mol. The molecule has 2 aromatic rings. The van der Waals surface area contributed by atoms with Gasteiger partial charge < -0.3 is 4.74 Å². The molecule has 0 atom stereocenters. The van der Waals surface area contributed by atoms with Gasteiger partial charge in [-0.3, -0.25) is 0 Å². The molecular formula is C11H5N2O2S. The number of thiophene rings is 1. The second kappa shape index (κ2) is 4.55. The summed E-state index contributed by atoms with van der Waals surface area (Å²) in [7, 11) is 0. The molecule has 1 radical (unpaired) electrons. The highest BCUT2D eigenvalue weighted by atomic mass is 32.1. The largest absolute Gasteiger partial charge is 0.404 e. The first-order valence-electron chi connectivity index (χ1n) is 4.33. The molecule has 2 heterocycles. The van der Waals surface area contributed by atoms with E-state index in [2.05, 4.69) is 11.2 Å².